The molecule has 1 fully saturated rings. The van der Waals surface area contributed by atoms with Gasteiger partial charge in [0.25, 0.3) is 0 Å². The van der Waals surface area contributed by atoms with E-state index in [-0.39, 0.29) is 0 Å². The van der Waals surface area contributed by atoms with E-state index < -0.39 is 0 Å². The molecule has 1 saturated heterocycles. The summed E-state index contributed by atoms with van der Waals surface area (Å²) < 4.78 is 5.17. The first-order valence-corrected chi connectivity index (χ1v) is 6.51. The van der Waals surface area contributed by atoms with E-state index in [1.807, 2.05) is 0 Å². The van der Waals surface area contributed by atoms with E-state index >= 15 is 0 Å². The van der Waals surface area contributed by atoms with Gasteiger partial charge in [-0.3, -0.25) is 0 Å². The van der Waals surface area contributed by atoms with Gasteiger partial charge in [-0.1, -0.05) is 27.7 Å². The van der Waals surface area contributed by atoms with Crippen LogP contribution in [0.2, 0.25) is 0 Å². The van der Waals surface area contributed by atoms with E-state index in [9.17, 15) is 0 Å². The summed E-state index contributed by atoms with van der Waals surface area (Å²) >= 11 is 2.05. The summed E-state index contributed by atoms with van der Waals surface area (Å²) in [6, 6.07) is 0.609. The predicted octanol–water partition coefficient (Wildman–Crippen LogP) is 2.14. The van der Waals surface area contributed by atoms with Crippen LogP contribution in [0, 0.1) is 5.41 Å². The van der Waals surface area contributed by atoms with Gasteiger partial charge in [0.15, 0.2) is 0 Å². The highest BCUT2D eigenvalue weighted by atomic mass is 32.2. The first-order chi connectivity index (χ1) is 6.54. The molecule has 0 bridgehead atoms. The standard InChI is InChI=1S/C11H23NOS/c1-5-12-10(11(2,3)4)8-14-9-6-13-7-9/h9-10,12H,5-8H2,1-4H3. The van der Waals surface area contributed by atoms with Crippen LogP contribution in [-0.4, -0.2) is 36.8 Å². The molecule has 0 aromatic heterocycles. The molecule has 1 atom stereocenters. The minimum absolute atomic E-state index is 0.355. The molecule has 0 aromatic carbocycles. The Morgan fingerprint density at radius 1 is 1.43 bits per heavy atom. The van der Waals surface area contributed by atoms with Crippen LogP contribution in [0.15, 0.2) is 0 Å². The van der Waals surface area contributed by atoms with Crippen molar-refractivity contribution in [2.45, 2.75) is 39.0 Å². The summed E-state index contributed by atoms with van der Waals surface area (Å²) in [6.45, 7) is 12.1. The Labute approximate surface area is 92.2 Å². The Morgan fingerprint density at radius 2 is 2.07 bits per heavy atom. The van der Waals surface area contributed by atoms with Gasteiger partial charge in [-0.25, -0.2) is 0 Å². The summed E-state index contributed by atoms with van der Waals surface area (Å²) in [7, 11) is 0. The summed E-state index contributed by atoms with van der Waals surface area (Å²) in [5, 5.41) is 4.31. The van der Waals surface area contributed by atoms with Gasteiger partial charge in [-0.2, -0.15) is 11.8 Å². The Bertz CT molecular complexity index is 163. The van der Waals surface area contributed by atoms with Crippen molar-refractivity contribution in [1.82, 2.24) is 5.32 Å². The summed E-state index contributed by atoms with van der Waals surface area (Å²) in [6.07, 6.45) is 0. The number of hydrogen-bond acceptors (Lipinski definition) is 3. The van der Waals surface area contributed by atoms with Crippen LogP contribution < -0.4 is 5.32 Å². The molecule has 0 radical (unpaired) electrons. The van der Waals surface area contributed by atoms with E-state index in [2.05, 4.69) is 44.8 Å². The van der Waals surface area contributed by atoms with Crippen molar-refractivity contribution < 1.29 is 4.74 Å². The van der Waals surface area contributed by atoms with Crippen molar-refractivity contribution in [3.63, 3.8) is 0 Å². The number of hydrogen-bond donors (Lipinski definition) is 1. The first-order valence-electron chi connectivity index (χ1n) is 5.46. The zero-order valence-electron chi connectivity index (χ0n) is 9.80. The Hall–Kier alpha value is 0.270. The molecule has 0 amide bonds. The molecule has 1 aliphatic heterocycles. The molecule has 0 spiro atoms. The fraction of sp³-hybridized carbons (Fsp3) is 1.00. The molecule has 0 aromatic rings. The molecule has 14 heavy (non-hydrogen) atoms. The smallest absolute Gasteiger partial charge is 0.0607 e. The van der Waals surface area contributed by atoms with Gasteiger partial charge in [-0.15, -0.1) is 0 Å². The van der Waals surface area contributed by atoms with Gasteiger partial charge in [0.2, 0.25) is 0 Å². The van der Waals surface area contributed by atoms with Crippen molar-refractivity contribution in [3.05, 3.63) is 0 Å². The van der Waals surface area contributed by atoms with E-state index in [4.69, 9.17) is 4.74 Å². The second-order valence-electron chi connectivity index (χ2n) is 4.97. The maximum atomic E-state index is 5.17. The molecule has 1 rings (SSSR count). The van der Waals surface area contributed by atoms with Crippen LogP contribution in [0.25, 0.3) is 0 Å². The molecular formula is C11H23NOS. The van der Waals surface area contributed by atoms with Gasteiger partial charge < -0.3 is 10.1 Å². The topological polar surface area (TPSA) is 21.3 Å². The SMILES string of the molecule is CCNC(CSC1COC1)C(C)(C)C. The number of rotatable bonds is 5. The lowest BCUT2D eigenvalue weighted by Crippen LogP contribution is -2.43. The van der Waals surface area contributed by atoms with Crippen molar-refractivity contribution in [2.75, 3.05) is 25.5 Å². The van der Waals surface area contributed by atoms with Crippen molar-refractivity contribution in [3.8, 4) is 0 Å². The fourth-order valence-corrected chi connectivity index (χ4v) is 2.87. The Kier molecular flexibility index (Phi) is 4.74. The minimum Gasteiger partial charge on any atom is -0.379 e. The van der Waals surface area contributed by atoms with Gasteiger partial charge >= 0.3 is 0 Å². The first kappa shape index (κ1) is 12.3. The Morgan fingerprint density at radius 3 is 2.43 bits per heavy atom. The van der Waals surface area contributed by atoms with Gasteiger partial charge in [0.1, 0.15) is 0 Å². The van der Waals surface area contributed by atoms with Crippen LogP contribution in [0.3, 0.4) is 0 Å². The van der Waals surface area contributed by atoms with E-state index in [0.717, 1.165) is 25.0 Å². The Balaban J connectivity index is 2.26. The maximum Gasteiger partial charge on any atom is 0.0607 e. The second-order valence-corrected chi connectivity index (χ2v) is 6.30. The normalized spacial score (nSPS) is 20.6. The summed E-state index contributed by atoms with van der Waals surface area (Å²) in [5.74, 6) is 1.20. The van der Waals surface area contributed by atoms with Gasteiger partial charge in [-0.05, 0) is 12.0 Å². The molecule has 1 unspecified atom stereocenters. The maximum absolute atomic E-state index is 5.17. The molecule has 1 aliphatic rings. The van der Waals surface area contributed by atoms with Gasteiger partial charge in [0, 0.05) is 11.8 Å². The quantitative estimate of drug-likeness (QED) is 0.762. The molecule has 0 aliphatic carbocycles. The number of thioether (sulfide) groups is 1. The van der Waals surface area contributed by atoms with Crippen LogP contribution in [0.5, 0.6) is 0 Å². The molecular weight excluding hydrogens is 194 g/mol. The third kappa shape index (κ3) is 3.79. The zero-order chi connectivity index (χ0) is 10.6. The highest BCUT2D eigenvalue weighted by Crippen LogP contribution is 2.26. The predicted molar refractivity (Wildman–Crippen MR) is 64.0 cm³/mol. The average Bonchev–Trinajstić information content (AvgIpc) is 1.98. The summed E-state index contributed by atoms with van der Waals surface area (Å²) in [5.41, 5.74) is 0.355. The van der Waals surface area contributed by atoms with E-state index in [0.29, 0.717) is 11.5 Å². The van der Waals surface area contributed by atoms with Crippen molar-refractivity contribution in [1.29, 1.82) is 0 Å². The van der Waals surface area contributed by atoms with E-state index in [1.54, 1.807) is 0 Å². The van der Waals surface area contributed by atoms with Crippen LogP contribution in [0.1, 0.15) is 27.7 Å². The molecule has 0 saturated carbocycles. The van der Waals surface area contributed by atoms with E-state index in [1.165, 1.54) is 5.75 Å². The van der Waals surface area contributed by atoms with Crippen LogP contribution in [0.4, 0.5) is 0 Å². The zero-order valence-corrected chi connectivity index (χ0v) is 10.6. The third-order valence-electron chi connectivity index (χ3n) is 2.60. The summed E-state index contributed by atoms with van der Waals surface area (Å²) in [4.78, 5) is 0. The van der Waals surface area contributed by atoms with Crippen LogP contribution in [-0.2, 0) is 4.74 Å². The number of ether oxygens (including phenoxy) is 1. The highest BCUT2D eigenvalue weighted by Gasteiger charge is 2.26. The largest absolute Gasteiger partial charge is 0.379 e. The highest BCUT2D eigenvalue weighted by molar-refractivity contribution is 8.00. The molecule has 84 valence electrons. The monoisotopic (exact) mass is 217 g/mol. The van der Waals surface area contributed by atoms with Gasteiger partial charge in [0.05, 0.1) is 18.5 Å². The lowest BCUT2D eigenvalue weighted by molar-refractivity contribution is 0.0454. The molecule has 3 heteroatoms. The lowest BCUT2D eigenvalue weighted by atomic mass is 9.88. The molecule has 1 N–H and O–H groups in total. The third-order valence-corrected chi connectivity index (χ3v) is 3.87. The fourth-order valence-electron chi connectivity index (χ4n) is 1.40. The van der Waals surface area contributed by atoms with Crippen LogP contribution >= 0.6 is 11.8 Å². The van der Waals surface area contributed by atoms with Crippen molar-refractivity contribution in [2.24, 2.45) is 5.41 Å². The molecule has 2 nitrogen and oxygen atoms in total. The molecule has 1 heterocycles. The second kappa shape index (κ2) is 5.38. The lowest BCUT2D eigenvalue weighted by Gasteiger charge is -2.34. The minimum atomic E-state index is 0.355. The average molecular weight is 217 g/mol. The van der Waals surface area contributed by atoms with Crippen molar-refractivity contribution >= 4 is 11.8 Å². The number of nitrogens with one attached hydrogen (secondary N) is 1.